The normalized spacial score (nSPS) is 10.4. The number of aromatic nitrogens is 4. The molecule has 2 aromatic carbocycles. The number of hydrazine groups is 1. The van der Waals surface area contributed by atoms with Crippen LogP contribution in [0.25, 0.3) is 22.2 Å². The van der Waals surface area contributed by atoms with Crippen LogP contribution in [0.4, 0.5) is 5.95 Å². The standard InChI is InChI=1S/C22H20N6O4/c1-30-19-10-15-16(11-20(19)31-2)23-9-8-18(15)32-13-21(29)26-28-22-24-12-17(25-27-22)14-6-4-3-5-7-14/h3-12H,13H2,1-2H3,(H,26,29)(H,24,27,28). The van der Waals surface area contributed by atoms with E-state index in [2.05, 4.69) is 31.0 Å². The minimum atomic E-state index is -0.425. The molecule has 0 bridgehead atoms. The van der Waals surface area contributed by atoms with Crippen molar-refractivity contribution in [1.29, 1.82) is 0 Å². The number of nitrogens with one attached hydrogen (secondary N) is 2. The van der Waals surface area contributed by atoms with Crippen LogP contribution in [0.15, 0.2) is 60.9 Å². The van der Waals surface area contributed by atoms with Gasteiger partial charge in [0.05, 0.1) is 25.9 Å². The summed E-state index contributed by atoms with van der Waals surface area (Å²) in [7, 11) is 3.10. The number of nitrogens with zero attached hydrogens (tertiary/aromatic N) is 4. The van der Waals surface area contributed by atoms with Gasteiger partial charge in [0, 0.05) is 23.2 Å². The lowest BCUT2D eigenvalue weighted by atomic mass is 10.2. The minimum absolute atomic E-state index is 0.157. The van der Waals surface area contributed by atoms with Crippen LogP contribution >= 0.6 is 0 Å². The topological polar surface area (TPSA) is 120 Å². The lowest BCUT2D eigenvalue weighted by Crippen LogP contribution is -2.34. The second-order valence-electron chi connectivity index (χ2n) is 6.53. The molecule has 0 fully saturated rings. The van der Waals surface area contributed by atoms with E-state index in [0.717, 1.165) is 5.56 Å². The van der Waals surface area contributed by atoms with Crippen LogP contribution < -0.4 is 25.1 Å². The van der Waals surface area contributed by atoms with E-state index in [4.69, 9.17) is 14.2 Å². The van der Waals surface area contributed by atoms with Gasteiger partial charge in [0.2, 0.25) is 0 Å². The summed E-state index contributed by atoms with van der Waals surface area (Å²) in [6.07, 6.45) is 3.16. The Bertz CT molecular complexity index is 1220. The molecule has 4 rings (SSSR count). The SMILES string of the molecule is COc1cc2nccc(OCC(=O)NNc3ncc(-c4ccccc4)nn3)c2cc1OC. The van der Waals surface area contributed by atoms with Crippen molar-refractivity contribution in [3.05, 3.63) is 60.9 Å². The third-order valence-corrected chi connectivity index (χ3v) is 4.51. The lowest BCUT2D eigenvalue weighted by Gasteiger charge is -2.12. The lowest BCUT2D eigenvalue weighted by molar-refractivity contribution is -0.122. The molecule has 2 N–H and O–H groups in total. The van der Waals surface area contributed by atoms with E-state index in [-0.39, 0.29) is 12.6 Å². The Morgan fingerprint density at radius 3 is 2.44 bits per heavy atom. The molecule has 10 heteroatoms. The number of amides is 1. The molecule has 0 atom stereocenters. The number of fused-ring (bicyclic) bond motifs is 1. The number of anilines is 1. The molecule has 0 radical (unpaired) electrons. The van der Waals surface area contributed by atoms with Crippen molar-refractivity contribution in [2.24, 2.45) is 0 Å². The molecule has 32 heavy (non-hydrogen) atoms. The maximum atomic E-state index is 12.2. The molecule has 2 heterocycles. The van der Waals surface area contributed by atoms with Crippen LogP contribution in [-0.4, -0.2) is 46.9 Å². The van der Waals surface area contributed by atoms with Gasteiger partial charge in [-0.2, -0.15) is 0 Å². The van der Waals surface area contributed by atoms with Crippen LogP contribution in [0.1, 0.15) is 0 Å². The van der Waals surface area contributed by atoms with E-state index in [0.29, 0.717) is 33.8 Å². The Kier molecular flexibility index (Phi) is 6.21. The number of hydrogen-bond acceptors (Lipinski definition) is 9. The van der Waals surface area contributed by atoms with Crippen LogP contribution in [-0.2, 0) is 4.79 Å². The molecule has 0 aliphatic carbocycles. The number of benzene rings is 2. The quantitative estimate of drug-likeness (QED) is 0.405. The van der Waals surface area contributed by atoms with E-state index in [1.165, 1.54) is 0 Å². The molecule has 0 saturated heterocycles. The fraction of sp³-hybridized carbons (Fsp3) is 0.136. The van der Waals surface area contributed by atoms with Gasteiger partial charge in [-0.3, -0.25) is 20.6 Å². The second kappa shape index (κ2) is 9.56. The Labute approximate surface area is 183 Å². The highest BCUT2D eigenvalue weighted by Gasteiger charge is 2.12. The number of carbonyl (C=O) groups is 1. The van der Waals surface area contributed by atoms with E-state index >= 15 is 0 Å². The summed E-state index contributed by atoms with van der Waals surface area (Å²) in [5, 5.41) is 8.75. The molecule has 0 aliphatic heterocycles. The van der Waals surface area contributed by atoms with Gasteiger partial charge in [0.1, 0.15) is 11.4 Å². The average molecular weight is 432 g/mol. The van der Waals surface area contributed by atoms with Crippen LogP contribution in [0.2, 0.25) is 0 Å². The predicted molar refractivity (Wildman–Crippen MR) is 117 cm³/mol. The predicted octanol–water partition coefficient (Wildman–Crippen LogP) is 2.63. The number of carbonyl (C=O) groups excluding carboxylic acids is 1. The Hall–Kier alpha value is -4.47. The fourth-order valence-electron chi connectivity index (χ4n) is 2.95. The van der Waals surface area contributed by atoms with Crippen LogP contribution in [0, 0.1) is 0 Å². The van der Waals surface area contributed by atoms with E-state index in [1.807, 2.05) is 30.3 Å². The summed E-state index contributed by atoms with van der Waals surface area (Å²) in [4.78, 5) is 20.7. The van der Waals surface area contributed by atoms with Crippen molar-refractivity contribution in [1.82, 2.24) is 25.6 Å². The number of rotatable bonds is 8. The first-order valence-corrected chi connectivity index (χ1v) is 9.61. The van der Waals surface area contributed by atoms with E-state index in [1.54, 1.807) is 44.8 Å². The zero-order chi connectivity index (χ0) is 22.3. The highest BCUT2D eigenvalue weighted by molar-refractivity contribution is 5.88. The molecule has 0 unspecified atom stereocenters. The van der Waals surface area contributed by atoms with Gasteiger partial charge < -0.3 is 14.2 Å². The molecule has 0 saturated carbocycles. The summed E-state index contributed by atoms with van der Waals surface area (Å²) < 4.78 is 16.3. The highest BCUT2D eigenvalue weighted by Crippen LogP contribution is 2.35. The molecule has 0 spiro atoms. The third kappa shape index (κ3) is 4.64. The largest absolute Gasteiger partial charge is 0.493 e. The van der Waals surface area contributed by atoms with Crippen LogP contribution in [0.5, 0.6) is 17.2 Å². The molecule has 10 nitrogen and oxygen atoms in total. The maximum Gasteiger partial charge on any atom is 0.276 e. The number of pyridine rings is 1. The van der Waals surface area contributed by atoms with Crippen molar-refractivity contribution in [3.63, 3.8) is 0 Å². The molecule has 2 aromatic heterocycles. The van der Waals surface area contributed by atoms with Crippen LogP contribution in [0.3, 0.4) is 0 Å². The maximum absolute atomic E-state index is 12.2. The van der Waals surface area contributed by atoms with Crippen molar-refractivity contribution in [2.75, 3.05) is 26.3 Å². The average Bonchev–Trinajstić information content (AvgIpc) is 2.86. The van der Waals surface area contributed by atoms with Crippen molar-refractivity contribution in [2.45, 2.75) is 0 Å². The zero-order valence-electron chi connectivity index (χ0n) is 17.4. The van der Waals surface area contributed by atoms with Gasteiger partial charge in [-0.05, 0) is 12.1 Å². The smallest absolute Gasteiger partial charge is 0.276 e. The summed E-state index contributed by atoms with van der Waals surface area (Å²) in [5.74, 6) is 1.30. The van der Waals surface area contributed by atoms with Crippen molar-refractivity contribution in [3.8, 4) is 28.5 Å². The van der Waals surface area contributed by atoms with Gasteiger partial charge in [0.15, 0.2) is 18.1 Å². The second-order valence-corrected chi connectivity index (χ2v) is 6.53. The number of hydrogen-bond donors (Lipinski definition) is 2. The first-order chi connectivity index (χ1) is 15.7. The van der Waals surface area contributed by atoms with Gasteiger partial charge in [-0.15, -0.1) is 10.2 Å². The third-order valence-electron chi connectivity index (χ3n) is 4.51. The molecule has 4 aromatic rings. The van der Waals surface area contributed by atoms with Gasteiger partial charge in [0.25, 0.3) is 11.9 Å². The summed E-state index contributed by atoms with van der Waals surface area (Å²) in [6.45, 7) is -0.240. The number of ether oxygens (including phenoxy) is 3. The minimum Gasteiger partial charge on any atom is -0.493 e. The van der Waals surface area contributed by atoms with Gasteiger partial charge in [-0.1, -0.05) is 30.3 Å². The Morgan fingerprint density at radius 2 is 1.72 bits per heavy atom. The molecular formula is C22H20N6O4. The first kappa shape index (κ1) is 20.8. The van der Waals surface area contributed by atoms with E-state index < -0.39 is 5.91 Å². The Morgan fingerprint density at radius 1 is 0.938 bits per heavy atom. The number of methoxy groups -OCH3 is 2. The zero-order valence-corrected chi connectivity index (χ0v) is 17.4. The first-order valence-electron chi connectivity index (χ1n) is 9.61. The summed E-state index contributed by atoms with van der Waals surface area (Å²) >= 11 is 0. The Balaban J connectivity index is 1.36. The summed E-state index contributed by atoms with van der Waals surface area (Å²) in [5.41, 5.74) is 7.27. The fourth-order valence-corrected chi connectivity index (χ4v) is 2.95. The molecule has 0 aliphatic rings. The van der Waals surface area contributed by atoms with Gasteiger partial charge in [-0.25, -0.2) is 4.98 Å². The monoisotopic (exact) mass is 432 g/mol. The van der Waals surface area contributed by atoms with Crippen molar-refractivity contribution >= 4 is 22.8 Å². The molecular weight excluding hydrogens is 412 g/mol. The van der Waals surface area contributed by atoms with Crippen molar-refractivity contribution < 1.29 is 19.0 Å². The summed E-state index contributed by atoms with van der Waals surface area (Å²) in [6, 6.07) is 14.7. The highest BCUT2D eigenvalue weighted by atomic mass is 16.5. The molecule has 1 amide bonds. The molecule has 162 valence electrons. The van der Waals surface area contributed by atoms with Gasteiger partial charge >= 0.3 is 0 Å². The van der Waals surface area contributed by atoms with E-state index in [9.17, 15) is 4.79 Å².